The predicted octanol–water partition coefficient (Wildman–Crippen LogP) is 1.24. The third-order valence-electron chi connectivity index (χ3n) is 3.94. The van der Waals surface area contributed by atoms with Gasteiger partial charge in [-0.2, -0.15) is 0 Å². The molecule has 0 aromatic carbocycles. The van der Waals surface area contributed by atoms with E-state index in [2.05, 4.69) is 5.32 Å². The van der Waals surface area contributed by atoms with Gasteiger partial charge in [0.2, 0.25) is 11.8 Å². The summed E-state index contributed by atoms with van der Waals surface area (Å²) in [5.41, 5.74) is 0. The highest BCUT2D eigenvalue weighted by Crippen LogP contribution is 2.09. The van der Waals surface area contributed by atoms with Crippen molar-refractivity contribution < 1.29 is 9.59 Å². The molecule has 1 atom stereocenters. The van der Waals surface area contributed by atoms with E-state index in [1.54, 1.807) is 0 Å². The first kappa shape index (κ1) is 17.0. The molecular weight excluding hydrogens is 254 g/mol. The lowest BCUT2D eigenvalue weighted by Crippen LogP contribution is -2.46. The average Bonchev–Trinajstić information content (AvgIpc) is 2.49. The zero-order chi connectivity index (χ0) is 15.0. The summed E-state index contributed by atoms with van der Waals surface area (Å²) in [7, 11) is 0. The molecule has 1 rings (SSSR count). The summed E-state index contributed by atoms with van der Waals surface area (Å²) in [6.07, 6.45) is 3.96. The number of likely N-dealkylation sites (tertiary alicyclic amines) is 1. The van der Waals surface area contributed by atoms with E-state index in [-0.39, 0.29) is 17.9 Å². The molecule has 1 unspecified atom stereocenters. The second-order valence-corrected chi connectivity index (χ2v) is 5.38. The molecule has 5 heteroatoms. The van der Waals surface area contributed by atoms with Crippen LogP contribution >= 0.6 is 0 Å². The van der Waals surface area contributed by atoms with Crippen molar-refractivity contribution in [1.82, 2.24) is 15.1 Å². The highest BCUT2D eigenvalue weighted by Gasteiger charge is 2.19. The third kappa shape index (κ3) is 5.12. The second-order valence-electron chi connectivity index (χ2n) is 5.38. The molecule has 0 saturated carbocycles. The monoisotopic (exact) mass is 283 g/mol. The molecule has 0 aromatic rings. The van der Waals surface area contributed by atoms with Gasteiger partial charge in [-0.15, -0.1) is 0 Å². The Morgan fingerprint density at radius 2 is 1.75 bits per heavy atom. The van der Waals surface area contributed by atoms with Crippen LogP contribution in [-0.2, 0) is 9.59 Å². The van der Waals surface area contributed by atoms with Gasteiger partial charge in [0.05, 0.1) is 6.04 Å². The predicted molar refractivity (Wildman–Crippen MR) is 80.4 cm³/mol. The molecule has 0 aromatic heterocycles. The summed E-state index contributed by atoms with van der Waals surface area (Å²) in [5.74, 6) is 0.320. The van der Waals surface area contributed by atoms with Crippen LogP contribution in [0.25, 0.3) is 0 Å². The molecule has 116 valence electrons. The fourth-order valence-corrected chi connectivity index (χ4v) is 2.59. The van der Waals surface area contributed by atoms with Crippen LogP contribution in [0.5, 0.6) is 0 Å². The lowest BCUT2D eigenvalue weighted by Gasteiger charge is -2.27. The van der Waals surface area contributed by atoms with Crippen LogP contribution in [0.4, 0.5) is 0 Å². The van der Waals surface area contributed by atoms with E-state index in [9.17, 15) is 9.59 Å². The molecule has 1 heterocycles. The third-order valence-corrected chi connectivity index (χ3v) is 3.94. The quantitative estimate of drug-likeness (QED) is 0.765. The Morgan fingerprint density at radius 3 is 2.30 bits per heavy atom. The van der Waals surface area contributed by atoms with Gasteiger partial charge in [0.25, 0.3) is 0 Å². The Labute approximate surface area is 122 Å². The van der Waals surface area contributed by atoms with Crippen LogP contribution < -0.4 is 5.32 Å². The molecule has 0 bridgehead atoms. The largest absolute Gasteiger partial charge is 0.343 e. The molecule has 1 N–H and O–H groups in total. The minimum Gasteiger partial charge on any atom is -0.343 e. The molecular formula is C15H29N3O2. The van der Waals surface area contributed by atoms with Gasteiger partial charge >= 0.3 is 0 Å². The number of hydrogen-bond donors (Lipinski definition) is 1. The number of piperidine rings is 1. The smallest absolute Gasteiger partial charge is 0.239 e. The summed E-state index contributed by atoms with van der Waals surface area (Å²) >= 11 is 0. The number of likely N-dealkylation sites (N-methyl/N-ethyl adjacent to an activating group) is 1. The number of nitrogens with zero attached hydrogens (tertiary/aromatic N) is 2. The van der Waals surface area contributed by atoms with E-state index in [1.807, 2.05) is 30.6 Å². The number of nitrogens with one attached hydrogen (secondary N) is 1. The number of amides is 2. The first-order valence-corrected chi connectivity index (χ1v) is 7.90. The maximum absolute atomic E-state index is 12.1. The van der Waals surface area contributed by atoms with Crippen molar-refractivity contribution >= 4 is 11.8 Å². The maximum Gasteiger partial charge on any atom is 0.239 e. The SMILES string of the molecule is CCN(CC)C(=O)C(C)NCCC(=O)N1CCCCC1. The molecule has 0 spiro atoms. The lowest BCUT2D eigenvalue weighted by atomic mass is 10.1. The van der Waals surface area contributed by atoms with E-state index in [4.69, 9.17) is 0 Å². The summed E-state index contributed by atoms with van der Waals surface area (Å²) in [6, 6.07) is -0.218. The number of carbonyl (C=O) groups excluding carboxylic acids is 2. The van der Waals surface area contributed by atoms with Gasteiger partial charge in [-0.1, -0.05) is 0 Å². The van der Waals surface area contributed by atoms with Crippen molar-refractivity contribution in [3.8, 4) is 0 Å². The fourth-order valence-electron chi connectivity index (χ4n) is 2.59. The Kier molecular flexibility index (Phi) is 7.59. The Morgan fingerprint density at radius 1 is 1.15 bits per heavy atom. The molecule has 0 aliphatic carbocycles. The van der Waals surface area contributed by atoms with E-state index in [1.165, 1.54) is 6.42 Å². The normalized spacial score (nSPS) is 16.9. The van der Waals surface area contributed by atoms with Crippen LogP contribution in [0.1, 0.15) is 46.5 Å². The van der Waals surface area contributed by atoms with Gasteiger partial charge in [0.1, 0.15) is 0 Å². The summed E-state index contributed by atoms with van der Waals surface area (Å²) in [5, 5.41) is 3.16. The Bertz CT molecular complexity index is 310. The number of hydrogen-bond acceptors (Lipinski definition) is 3. The molecule has 0 radical (unpaired) electrons. The van der Waals surface area contributed by atoms with Crippen LogP contribution in [-0.4, -0.2) is 60.4 Å². The standard InChI is InChI=1S/C15H29N3O2/c1-4-17(5-2)15(20)13(3)16-10-9-14(19)18-11-7-6-8-12-18/h13,16H,4-12H2,1-3H3. The molecule has 1 saturated heterocycles. The number of carbonyl (C=O) groups is 2. The molecule has 2 amide bonds. The second kappa shape index (κ2) is 8.95. The molecule has 20 heavy (non-hydrogen) atoms. The summed E-state index contributed by atoms with van der Waals surface area (Å²) < 4.78 is 0. The van der Waals surface area contributed by atoms with Crippen LogP contribution in [0.2, 0.25) is 0 Å². The van der Waals surface area contributed by atoms with E-state index in [0.717, 1.165) is 39.0 Å². The van der Waals surface area contributed by atoms with Gasteiger partial charge in [0, 0.05) is 39.1 Å². The zero-order valence-electron chi connectivity index (χ0n) is 13.2. The van der Waals surface area contributed by atoms with E-state index in [0.29, 0.717) is 13.0 Å². The minimum atomic E-state index is -0.218. The van der Waals surface area contributed by atoms with E-state index < -0.39 is 0 Å². The first-order valence-electron chi connectivity index (χ1n) is 7.90. The van der Waals surface area contributed by atoms with E-state index >= 15 is 0 Å². The highest BCUT2D eigenvalue weighted by molar-refractivity contribution is 5.81. The van der Waals surface area contributed by atoms with Gasteiger partial charge < -0.3 is 15.1 Å². The van der Waals surface area contributed by atoms with Crippen LogP contribution in [0.3, 0.4) is 0 Å². The Hall–Kier alpha value is -1.10. The van der Waals surface area contributed by atoms with Gasteiger partial charge in [-0.25, -0.2) is 0 Å². The van der Waals surface area contributed by atoms with Gasteiger partial charge in [0.15, 0.2) is 0 Å². The summed E-state index contributed by atoms with van der Waals surface area (Å²) in [6.45, 7) is 9.65. The minimum absolute atomic E-state index is 0.112. The number of rotatable bonds is 7. The van der Waals surface area contributed by atoms with Crippen molar-refractivity contribution in [3.63, 3.8) is 0 Å². The molecule has 1 aliphatic rings. The topological polar surface area (TPSA) is 52.7 Å². The van der Waals surface area contributed by atoms with Crippen molar-refractivity contribution in [2.45, 2.75) is 52.5 Å². The van der Waals surface area contributed by atoms with Crippen molar-refractivity contribution in [2.75, 3.05) is 32.7 Å². The van der Waals surface area contributed by atoms with Crippen molar-refractivity contribution in [2.24, 2.45) is 0 Å². The fraction of sp³-hybridized carbons (Fsp3) is 0.867. The van der Waals surface area contributed by atoms with Gasteiger partial charge in [-0.3, -0.25) is 9.59 Å². The Balaban J connectivity index is 2.25. The molecule has 5 nitrogen and oxygen atoms in total. The highest BCUT2D eigenvalue weighted by atomic mass is 16.2. The van der Waals surface area contributed by atoms with Gasteiger partial charge in [-0.05, 0) is 40.0 Å². The maximum atomic E-state index is 12.1. The lowest BCUT2D eigenvalue weighted by molar-refractivity contribution is -0.134. The molecule has 1 fully saturated rings. The first-order chi connectivity index (χ1) is 9.60. The van der Waals surface area contributed by atoms with Crippen molar-refractivity contribution in [1.29, 1.82) is 0 Å². The van der Waals surface area contributed by atoms with Crippen LogP contribution in [0.15, 0.2) is 0 Å². The van der Waals surface area contributed by atoms with Crippen LogP contribution in [0, 0.1) is 0 Å². The summed E-state index contributed by atoms with van der Waals surface area (Å²) in [4.78, 5) is 27.8. The zero-order valence-corrected chi connectivity index (χ0v) is 13.2. The van der Waals surface area contributed by atoms with Crippen molar-refractivity contribution in [3.05, 3.63) is 0 Å². The average molecular weight is 283 g/mol. The molecule has 1 aliphatic heterocycles.